The van der Waals surface area contributed by atoms with E-state index in [1.54, 1.807) is 0 Å². The molecular weight excluding hydrogens is 472 g/mol. The largest absolute Gasteiger partial charge is 0.483 e. The van der Waals surface area contributed by atoms with E-state index < -0.39 is 15.9 Å². The van der Waals surface area contributed by atoms with Crippen LogP contribution >= 0.6 is 11.3 Å². The third kappa shape index (κ3) is 5.46. The van der Waals surface area contributed by atoms with Crippen LogP contribution in [-0.2, 0) is 27.5 Å². The molecule has 1 fully saturated rings. The highest BCUT2D eigenvalue weighted by molar-refractivity contribution is 7.91. The second-order valence-corrected chi connectivity index (χ2v) is 13.0. The van der Waals surface area contributed by atoms with Crippen molar-refractivity contribution in [1.29, 1.82) is 0 Å². The number of fused-ring (bicyclic) bond motifs is 1. The summed E-state index contributed by atoms with van der Waals surface area (Å²) in [5, 5.41) is 6.31. The van der Waals surface area contributed by atoms with Crippen molar-refractivity contribution in [1.82, 2.24) is 5.32 Å². The molecule has 34 heavy (non-hydrogen) atoms. The zero-order valence-electron chi connectivity index (χ0n) is 20.1. The van der Waals surface area contributed by atoms with Crippen LogP contribution < -0.4 is 15.4 Å². The number of amides is 2. The lowest BCUT2D eigenvalue weighted by Gasteiger charge is -2.19. The fourth-order valence-electron chi connectivity index (χ4n) is 4.94. The second-order valence-electron chi connectivity index (χ2n) is 9.69. The Morgan fingerprint density at radius 2 is 1.85 bits per heavy atom. The number of carbonyl (C=O) groups excluding carboxylic acids is 2. The fraction of sp³-hybridized carbons (Fsp3) is 0.520. The van der Waals surface area contributed by atoms with E-state index in [-0.39, 0.29) is 29.9 Å². The zero-order chi connectivity index (χ0) is 24.6. The Balaban J connectivity index is 1.52. The van der Waals surface area contributed by atoms with E-state index in [2.05, 4.69) is 17.6 Å². The first-order valence-electron chi connectivity index (χ1n) is 11.7. The van der Waals surface area contributed by atoms with Gasteiger partial charge < -0.3 is 15.4 Å². The third-order valence-electron chi connectivity index (χ3n) is 6.51. The fourth-order valence-corrected chi connectivity index (χ4v) is 8.04. The van der Waals surface area contributed by atoms with Gasteiger partial charge in [-0.25, -0.2) is 8.42 Å². The Morgan fingerprint density at radius 1 is 1.15 bits per heavy atom. The van der Waals surface area contributed by atoms with Gasteiger partial charge in [0.2, 0.25) is 0 Å². The summed E-state index contributed by atoms with van der Waals surface area (Å²) in [5.41, 5.74) is 4.53. The Labute approximate surface area is 205 Å². The van der Waals surface area contributed by atoms with Gasteiger partial charge >= 0.3 is 0 Å². The molecule has 1 aliphatic heterocycles. The van der Waals surface area contributed by atoms with Crippen LogP contribution in [0, 0.1) is 26.7 Å². The lowest BCUT2D eigenvalue weighted by Crippen LogP contribution is -2.36. The van der Waals surface area contributed by atoms with Crippen LogP contribution in [0.1, 0.15) is 57.3 Å². The maximum absolute atomic E-state index is 13.2. The van der Waals surface area contributed by atoms with Crippen LogP contribution in [-0.4, -0.2) is 44.4 Å². The van der Waals surface area contributed by atoms with Crippen LogP contribution in [0.25, 0.3) is 0 Å². The maximum atomic E-state index is 13.2. The molecule has 184 valence electrons. The molecule has 2 unspecified atom stereocenters. The molecular formula is C25H32N2O5S2. The van der Waals surface area contributed by atoms with Crippen molar-refractivity contribution >= 4 is 38.0 Å². The molecule has 2 heterocycles. The molecule has 7 nitrogen and oxygen atoms in total. The van der Waals surface area contributed by atoms with Crippen molar-refractivity contribution < 1.29 is 22.7 Å². The number of thiophene rings is 1. The van der Waals surface area contributed by atoms with Gasteiger partial charge in [0.25, 0.3) is 11.8 Å². The van der Waals surface area contributed by atoms with Crippen molar-refractivity contribution in [2.24, 2.45) is 5.92 Å². The van der Waals surface area contributed by atoms with Gasteiger partial charge in [0.1, 0.15) is 10.8 Å². The molecule has 1 aromatic carbocycles. The summed E-state index contributed by atoms with van der Waals surface area (Å²) in [7, 11) is -3.11. The normalized spacial score (nSPS) is 21.1. The van der Waals surface area contributed by atoms with Gasteiger partial charge in [-0.2, -0.15) is 0 Å². The first-order valence-corrected chi connectivity index (χ1v) is 14.3. The van der Waals surface area contributed by atoms with E-state index in [0.717, 1.165) is 46.4 Å². The van der Waals surface area contributed by atoms with Crippen LogP contribution in [0.15, 0.2) is 12.1 Å². The maximum Gasteiger partial charge on any atom is 0.262 e. The predicted octanol–water partition coefficient (Wildman–Crippen LogP) is 3.73. The molecule has 4 rings (SSSR count). The second kappa shape index (κ2) is 9.70. The highest BCUT2D eigenvalue weighted by Gasteiger charge is 2.33. The van der Waals surface area contributed by atoms with E-state index in [9.17, 15) is 18.0 Å². The van der Waals surface area contributed by atoms with E-state index >= 15 is 0 Å². The molecule has 0 radical (unpaired) electrons. The third-order valence-corrected chi connectivity index (χ3v) is 9.45. The van der Waals surface area contributed by atoms with Crippen molar-refractivity contribution in [2.45, 2.75) is 59.4 Å². The number of ether oxygens (including phenoxy) is 1. The summed E-state index contributed by atoms with van der Waals surface area (Å²) < 4.78 is 29.5. The van der Waals surface area contributed by atoms with Crippen LogP contribution in [0.3, 0.4) is 0 Å². The molecule has 0 saturated carbocycles. The summed E-state index contributed by atoms with van der Waals surface area (Å²) in [6, 6.07) is 3.63. The number of benzene rings is 1. The van der Waals surface area contributed by atoms with Gasteiger partial charge in [-0.05, 0) is 69.1 Å². The van der Waals surface area contributed by atoms with Crippen LogP contribution in [0.2, 0.25) is 0 Å². The average molecular weight is 505 g/mol. The monoisotopic (exact) mass is 504 g/mol. The molecule has 2 atom stereocenters. The molecule has 1 aromatic heterocycles. The highest BCUT2D eigenvalue weighted by Crippen LogP contribution is 2.40. The minimum atomic E-state index is -3.11. The number of carbonyl (C=O) groups is 2. The molecule has 9 heteroatoms. The zero-order valence-corrected chi connectivity index (χ0v) is 21.7. The predicted molar refractivity (Wildman–Crippen MR) is 135 cm³/mol. The molecule has 0 spiro atoms. The lowest BCUT2D eigenvalue weighted by atomic mass is 9.88. The van der Waals surface area contributed by atoms with Gasteiger partial charge in [-0.3, -0.25) is 9.59 Å². The van der Waals surface area contributed by atoms with Crippen molar-refractivity contribution in [3.8, 4) is 5.75 Å². The molecule has 2 N–H and O–H groups in total. The first-order chi connectivity index (χ1) is 16.0. The van der Waals surface area contributed by atoms with Gasteiger partial charge in [0.05, 0.1) is 17.1 Å². The first kappa shape index (κ1) is 24.7. The van der Waals surface area contributed by atoms with E-state index in [1.807, 2.05) is 32.9 Å². The Bertz CT molecular complexity index is 1210. The lowest BCUT2D eigenvalue weighted by molar-refractivity contribution is -0.118. The average Bonchev–Trinajstić information content (AvgIpc) is 3.25. The van der Waals surface area contributed by atoms with Gasteiger partial charge in [-0.15, -0.1) is 11.3 Å². The van der Waals surface area contributed by atoms with Gasteiger partial charge in [-0.1, -0.05) is 24.6 Å². The topological polar surface area (TPSA) is 102 Å². The number of sulfone groups is 1. The van der Waals surface area contributed by atoms with Gasteiger partial charge in [0.15, 0.2) is 16.4 Å². The number of anilines is 1. The summed E-state index contributed by atoms with van der Waals surface area (Å²) in [5.74, 6) is 0.629. The van der Waals surface area contributed by atoms with E-state index in [1.165, 1.54) is 11.3 Å². The highest BCUT2D eigenvalue weighted by atomic mass is 32.2. The molecule has 1 saturated heterocycles. The standard InChI is InChI=1S/C25H32N2O5S2/c1-14-5-6-19-20(11-14)33-25(22(19)24(29)26-18-7-8-34(30,31)13-18)27-21(28)12-32-23-16(3)9-15(2)10-17(23)4/h9-10,14,18H,5-8,11-13H2,1-4H3,(H,26,29)(H,27,28). The molecule has 2 aromatic rings. The number of hydrogen-bond donors (Lipinski definition) is 2. The van der Waals surface area contributed by atoms with Crippen molar-refractivity contribution in [2.75, 3.05) is 23.4 Å². The summed E-state index contributed by atoms with van der Waals surface area (Å²) in [4.78, 5) is 27.2. The minimum Gasteiger partial charge on any atom is -0.483 e. The smallest absolute Gasteiger partial charge is 0.262 e. The summed E-state index contributed by atoms with van der Waals surface area (Å²) in [6.07, 6.45) is 3.03. The SMILES string of the molecule is Cc1cc(C)c(OCC(=O)Nc2sc3c(c2C(=O)NC2CCS(=O)(=O)C2)CCC(C)C3)c(C)c1. The molecule has 0 bridgehead atoms. The Kier molecular flexibility index (Phi) is 7.05. The number of hydrogen-bond acceptors (Lipinski definition) is 6. The van der Waals surface area contributed by atoms with E-state index in [0.29, 0.717) is 28.7 Å². The number of rotatable bonds is 6. The minimum absolute atomic E-state index is 0.0348. The Hall–Kier alpha value is -2.39. The van der Waals surface area contributed by atoms with Gasteiger partial charge in [0, 0.05) is 10.9 Å². The number of nitrogens with one attached hydrogen (secondary N) is 2. The molecule has 2 amide bonds. The molecule has 2 aliphatic rings. The molecule has 1 aliphatic carbocycles. The van der Waals surface area contributed by atoms with Crippen LogP contribution in [0.4, 0.5) is 5.00 Å². The summed E-state index contributed by atoms with van der Waals surface area (Å²) in [6.45, 7) is 7.94. The Morgan fingerprint density at radius 3 is 2.50 bits per heavy atom. The number of aryl methyl sites for hydroxylation is 3. The van der Waals surface area contributed by atoms with Crippen molar-refractivity contribution in [3.63, 3.8) is 0 Å². The summed E-state index contributed by atoms with van der Waals surface area (Å²) >= 11 is 1.44. The van der Waals surface area contributed by atoms with Crippen molar-refractivity contribution in [3.05, 3.63) is 44.8 Å². The quantitative estimate of drug-likeness (QED) is 0.624. The van der Waals surface area contributed by atoms with Crippen LogP contribution in [0.5, 0.6) is 5.75 Å². The van der Waals surface area contributed by atoms with E-state index in [4.69, 9.17) is 4.74 Å².